The summed E-state index contributed by atoms with van der Waals surface area (Å²) in [6.07, 6.45) is 6.01. The van der Waals surface area contributed by atoms with Crippen molar-refractivity contribution in [2.45, 2.75) is 46.0 Å². The zero-order valence-corrected chi connectivity index (χ0v) is 14.5. The largest absolute Gasteiger partial charge is 0.489 e. The monoisotopic (exact) mass is 318 g/mol. The molecule has 0 atom stereocenters. The van der Waals surface area contributed by atoms with Gasteiger partial charge in [0.05, 0.1) is 6.54 Å². The summed E-state index contributed by atoms with van der Waals surface area (Å²) in [5, 5.41) is 6.06. The number of hydrogen-bond acceptors (Lipinski definition) is 3. The quantitative estimate of drug-likeness (QED) is 0.450. The molecule has 23 heavy (non-hydrogen) atoms. The Labute approximate surface area is 140 Å². The third-order valence-electron chi connectivity index (χ3n) is 3.37. The summed E-state index contributed by atoms with van der Waals surface area (Å²) in [6, 6.07) is 7.61. The Morgan fingerprint density at radius 2 is 2.00 bits per heavy atom. The van der Waals surface area contributed by atoms with Gasteiger partial charge in [0.25, 0.3) is 0 Å². The summed E-state index contributed by atoms with van der Waals surface area (Å²) < 4.78 is 5.59. The van der Waals surface area contributed by atoms with Crippen molar-refractivity contribution in [2.75, 3.05) is 25.0 Å². The predicted octanol–water partition coefficient (Wildman–Crippen LogP) is 4.14. The van der Waals surface area contributed by atoms with Crippen LogP contribution in [0.15, 0.2) is 36.4 Å². The maximum Gasteiger partial charge on any atom is 0.239 e. The van der Waals surface area contributed by atoms with Crippen LogP contribution in [0.25, 0.3) is 0 Å². The topological polar surface area (TPSA) is 50.4 Å². The number of nitrogens with one attached hydrogen (secondary N) is 2. The summed E-state index contributed by atoms with van der Waals surface area (Å²) >= 11 is 0. The number of unbranched alkanes of at least 4 members (excludes halogenated alkanes) is 4. The molecule has 0 heterocycles. The van der Waals surface area contributed by atoms with E-state index < -0.39 is 0 Å². The van der Waals surface area contributed by atoms with Gasteiger partial charge in [0.15, 0.2) is 0 Å². The van der Waals surface area contributed by atoms with Gasteiger partial charge in [-0.05, 0) is 31.1 Å². The molecular formula is C19H30N2O2. The van der Waals surface area contributed by atoms with E-state index in [2.05, 4.69) is 24.1 Å². The van der Waals surface area contributed by atoms with Gasteiger partial charge in [0.1, 0.15) is 12.4 Å². The van der Waals surface area contributed by atoms with Crippen LogP contribution in [0, 0.1) is 0 Å². The Balaban J connectivity index is 2.22. The zero-order valence-electron chi connectivity index (χ0n) is 14.5. The highest BCUT2D eigenvalue weighted by Gasteiger charge is 2.02. The van der Waals surface area contributed by atoms with Crippen molar-refractivity contribution in [1.82, 2.24) is 5.32 Å². The van der Waals surface area contributed by atoms with Gasteiger partial charge < -0.3 is 15.4 Å². The molecule has 0 aromatic heterocycles. The van der Waals surface area contributed by atoms with Crippen molar-refractivity contribution in [3.8, 4) is 5.75 Å². The van der Waals surface area contributed by atoms with Gasteiger partial charge in [-0.1, -0.05) is 45.3 Å². The molecule has 0 radical (unpaired) electrons. The van der Waals surface area contributed by atoms with Gasteiger partial charge >= 0.3 is 0 Å². The van der Waals surface area contributed by atoms with Crippen LogP contribution in [0.2, 0.25) is 0 Å². The fourth-order valence-electron chi connectivity index (χ4n) is 2.10. The number of benzene rings is 1. The molecule has 4 heteroatoms. The molecule has 0 fully saturated rings. The molecule has 4 nitrogen and oxygen atoms in total. The number of anilines is 1. The fraction of sp³-hybridized carbons (Fsp3) is 0.526. The van der Waals surface area contributed by atoms with Gasteiger partial charge in [-0.25, -0.2) is 0 Å². The molecule has 0 aliphatic heterocycles. The lowest BCUT2D eigenvalue weighted by Crippen LogP contribution is -2.30. The SMILES string of the molecule is C=C(C)COc1cccc(NCC(=O)NCCCCCCC)c1. The van der Waals surface area contributed by atoms with Crippen LogP contribution in [-0.2, 0) is 4.79 Å². The second-order valence-electron chi connectivity index (χ2n) is 5.89. The summed E-state index contributed by atoms with van der Waals surface area (Å²) in [5.41, 5.74) is 1.85. The lowest BCUT2D eigenvalue weighted by molar-refractivity contribution is -0.119. The van der Waals surface area contributed by atoms with Crippen LogP contribution in [0.1, 0.15) is 46.0 Å². The third-order valence-corrected chi connectivity index (χ3v) is 3.37. The molecule has 1 aromatic carbocycles. The molecule has 2 N–H and O–H groups in total. The van der Waals surface area contributed by atoms with Crippen LogP contribution >= 0.6 is 0 Å². The van der Waals surface area contributed by atoms with Crippen molar-refractivity contribution < 1.29 is 9.53 Å². The highest BCUT2D eigenvalue weighted by molar-refractivity contribution is 5.80. The predicted molar refractivity (Wildman–Crippen MR) is 97.0 cm³/mol. The Kier molecular flexibility index (Phi) is 9.60. The zero-order chi connectivity index (χ0) is 16.9. The first-order chi connectivity index (χ1) is 11.1. The number of carbonyl (C=O) groups excluding carboxylic acids is 1. The van der Waals surface area contributed by atoms with Gasteiger partial charge in [0.2, 0.25) is 5.91 Å². The van der Waals surface area contributed by atoms with E-state index in [4.69, 9.17) is 4.74 Å². The summed E-state index contributed by atoms with van der Waals surface area (Å²) in [7, 11) is 0. The lowest BCUT2D eigenvalue weighted by atomic mass is 10.1. The Bertz CT molecular complexity index is 486. The molecule has 1 amide bonds. The van der Waals surface area contributed by atoms with Crippen LogP contribution < -0.4 is 15.4 Å². The molecule has 0 aliphatic rings. The highest BCUT2D eigenvalue weighted by atomic mass is 16.5. The van der Waals surface area contributed by atoms with Crippen molar-refractivity contribution in [3.63, 3.8) is 0 Å². The lowest BCUT2D eigenvalue weighted by Gasteiger charge is -2.10. The minimum absolute atomic E-state index is 0.0220. The highest BCUT2D eigenvalue weighted by Crippen LogP contribution is 2.17. The van der Waals surface area contributed by atoms with Crippen molar-refractivity contribution in [3.05, 3.63) is 36.4 Å². The Morgan fingerprint density at radius 1 is 1.22 bits per heavy atom. The average molecular weight is 318 g/mol. The van der Waals surface area contributed by atoms with E-state index in [1.807, 2.05) is 31.2 Å². The standard InChI is InChI=1S/C19H30N2O2/c1-4-5-6-7-8-12-20-19(22)14-21-17-10-9-11-18(13-17)23-15-16(2)3/h9-11,13,21H,2,4-8,12,14-15H2,1,3H3,(H,20,22). The molecule has 0 spiro atoms. The van der Waals surface area contributed by atoms with Crippen molar-refractivity contribution in [1.29, 1.82) is 0 Å². The van der Waals surface area contributed by atoms with E-state index >= 15 is 0 Å². The first-order valence-electron chi connectivity index (χ1n) is 8.49. The normalized spacial score (nSPS) is 10.2. The number of hydrogen-bond donors (Lipinski definition) is 2. The van der Waals surface area contributed by atoms with E-state index in [0.29, 0.717) is 6.61 Å². The summed E-state index contributed by atoms with van der Waals surface area (Å²) in [5.74, 6) is 0.795. The first-order valence-corrected chi connectivity index (χ1v) is 8.49. The number of ether oxygens (including phenoxy) is 1. The van der Waals surface area contributed by atoms with E-state index in [0.717, 1.165) is 30.0 Å². The molecule has 0 unspecified atom stereocenters. The third kappa shape index (κ3) is 9.61. The summed E-state index contributed by atoms with van der Waals surface area (Å²) in [6.45, 7) is 9.47. The Morgan fingerprint density at radius 3 is 2.74 bits per heavy atom. The van der Waals surface area contributed by atoms with Crippen LogP contribution in [-0.4, -0.2) is 25.6 Å². The second-order valence-corrected chi connectivity index (χ2v) is 5.89. The van der Waals surface area contributed by atoms with Gasteiger partial charge in [-0.3, -0.25) is 4.79 Å². The van der Waals surface area contributed by atoms with E-state index in [-0.39, 0.29) is 12.5 Å². The molecule has 128 valence electrons. The maximum absolute atomic E-state index is 11.8. The van der Waals surface area contributed by atoms with Crippen LogP contribution in [0.3, 0.4) is 0 Å². The second kappa shape index (κ2) is 11.6. The Hall–Kier alpha value is -1.97. The molecule has 0 aliphatic carbocycles. The number of carbonyl (C=O) groups is 1. The molecule has 0 saturated carbocycles. The molecule has 0 saturated heterocycles. The maximum atomic E-state index is 11.8. The van der Waals surface area contributed by atoms with Gasteiger partial charge in [-0.15, -0.1) is 0 Å². The minimum Gasteiger partial charge on any atom is -0.489 e. The minimum atomic E-state index is 0.0220. The molecule has 0 bridgehead atoms. The van der Waals surface area contributed by atoms with Crippen molar-refractivity contribution >= 4 is 11.6 Å². The van der Waals surface area contributed by atoms with E-state index in [1.54, 1.807) is 0 Å². The molecule has 1 rings (SSSR count). The smallest absolute Gasteiger partial charge is 0.239 e. The first kappa shape index (κ1) is 19.1. The van der Waals surface area contributed by atoms with Crippen molar-refractivity contribution in [2.24, 2.45) is 0 Å². The molecular weight excluding hydrogens is 288 g/mol. The van der Waals surface area contributed by atoms with E-state index in [1.165, 1.54) is 25.7 Å². The number of rotatable bonds is 12. The van der Waals surface area contributed by atoms with Crippen LogP contribution in [0.4, 0.5) is 5.69 Å². The summed E-state index contributed by atoms with van der Waals surface area (Å²) in [4.78, 5) is 11.8. The van der Waals surface area contributed by atoms with Crippen LogP contribution in [0.5, 0.6) is 5.75 Å². The fourth-order valence-corrected chi connectivity index (χ4v) is 2.10. The van der Waals surface area contributed by atoms with E-state index in [9.17, 15) is 4.79 Å². The molecule has 1 aromatic rings. The average Bonchev–Trinajstić information content (AvgIpc) is 2.54. The number of amides is 1. The van der Waals surface area contributed by atoms with Gasteiger partial charge in [0, 0.05) is 18.3 Å². The van der Waals surface area contributed by atoms with Gasteiger partial charge in [-0.2, -0.15) is 0 Å².